The zero-order valence-electron chi connectivity index (χ0n) is 51.2. The second-order valence-electron chi connectivity index (χ2n) is 21.6. The van der Waals surface area contributed by atoms with E-state index < -0.39 is 6.10 Å². The fourth-order valence-electron chi connectivity index (χ4n) is 9.10. The molecule has 0 bridgehead atoms. The summed E-state index contributed by atoms with van der Waals surface area (Å²) in [6.07, 6.45) is 90.0. The SMILES string of the molecule is CC/C=C\C/C=C\C/C=C\C/C=C\C/C=C\C/C=C\C/C=C\CCCCCC(=O)OC(COC(=O)CCCCCCCC)COC(=O)CCCCCCCCCCCCCCCCCCC/C=C\C/C=C\CCCCCCC. The van der Waals surface area contributed by atoms with Crippen molar-refractivity contribution >= 4 is 17.9 Å². The van der Waals surface area contributed by atoms with Gasteiger partial charge in [-0.25, -0.2) is 0 Å². The molecular formula is C72H122O6. The van der Waals surface area contributed by atoms with Crippen LogP contribution < -0.4 is 0 Å². The molecule has 1 unspecified atom stereocenters. The van der Waals surface area contributed by atoms with E-state index in [1.807, 2.05) is 0 Å². The van der Waals surface area contributed by atoms with E-state index in [0.29, 0.717) is 12.8 Å². The molecule has 0 aliphatic carbocycles. The van der Waals surface area contributed by atoms with E-state index in [4.69, 9.17) is 14.2 Å². The van der Waals surface area contributed by atoms with E-state index in [1.54, 1.807) is 0 Å². The number of unbranched alkanes of at least 4 members (excludes halogenated alkanes) is 30. The van der Waals surface area contributed by atoms with Crippen LogP contribution in [0.25, 0.3) is 0 Å². The maximum Gasteiger partial charge on any atom is 0.306 e. The van der Waals surface area contributed by atoms with Crippen LogP contribution in [0, 0.1) is 0 Å². The average molecular weight is 1080 g/mol. The lowest BCUT2D eigenvalue weighted by Gasteiger charge is -2.18. The van der Waals surface area contributed by atoms with Crippen LogP contribution >= 0.6 is 0 Å². The second kappa shape index (κ2) is 65.6. The van der Waals surface area contributed by atoms with Crippen molar-refractivity contribution in [2.45, 2.75) is 316 Å². The highest BCUT2D eigenvalue weighted by Gasteiger charge is 2.19. The van der Waals surface area contributed by atoms with Crippen molar-refractivity contribution in [2.75, 3.05) is 13.2 Å². The van der Waals surface area contributed by atoms with E-state index in [0.717, 1.165) is 116 Å². The third kappa shape index (κ3) is 62.9. The number of esters is 3. The lowest BCUT2D eigenvalue weighted by atomic mass is 10.0. The van der Waals surface area contributed by atoms with Gasteiger partial charge in [-0.15, -0.1) is 0 Å². The van der Waals surface area contributed by atoms with Gasteiger partial charge < -0.3 is 14.2 Å². The summed E-state index contributed by atoms with van der Waals surface area (Å²) >= 11 is 0. The van der Waals surface area contributed by atoms with Crippen molar-refractivity contribution in [1.82, 2.24) is 0 Å². The van der Waals surface area contributed by atoms with Crippen LogP contribution in [0.4, 0.5) is 0 Å². The quantitative estimate of drug-likeness (QED) is 0.0261. The Balaban J connectivity index is 4.12. The van der Waals surface area contributed by atoms with Gasteiger partial charge in [0.05, 0.1) is 0 Å². The summed E-state index contributed by atoms with van der Waals surface area (Å²) in [4.78, 5) is 38.0. The first-order valence-corrected chi connectivity index (χ1v) is 32.9. The van der Waals surface area contributed by atoms with Crippen molar-refractivity contribution in [3.63, 3.8) is 0 Å². The minimum Gasteiger partial charge on any atom is -0.462 e. The molecule has 0 saturated heterocycles. The lowest BCUT2D eigenvalue weighted by molar-refractivity contribution is -0.167. The average Bonchev–Trinajstić information content (AvgIpc) is 3.44. The van der Waals surface area contributed by atoms with E-state index in [1.165, 1.54) is 154 Å². The third-order valence-electron chi connectivity index (χ3n) is 14.0. The minimum absolute atomic E-state index is 0.0905. The van der Waals surface area contributed by atoms with Crippen molar-refractivity contribution < 1.29 is 28.6 Å². The fraction of sp³-hybridized carbons (Fsp3) is 0.708. The van der Waals surface area contributed by atoms with Gasteiger partial charge in [0.25, 0.3) is 0 Å². The number of ether oxygens (including phenoxy) is 3. The number of rotatable bonds is 59. The number of carbonyl (C=O) groups excluding carboxylic acids is 3. The molecule has 0 aromatic carbocycles. The van der Waals surface area contributed by atoms with Crippen LogP contribution in [-0.2, 0) is 28.6 Å². The predicted molar refractivity (Wildman–Crippen MR) is 339 cm³/mol. The topological polar surface area (TPSA) is 78.9 Å². The van der Waals surface area contributed by atoms with Gasteiger partial charge in [-0.1, -0.05) is 291 Å². The molecule has 0 aliphatic heterocycles. The Bertz CT molecular complexity index is 1570. The molecule has 0 spiro atoms. The monoisotopic (exact) mass is 1080 g/mol. The molecule has 0 heterocycles. The zero-order valence-corrected chi connectivity index (χ0v) is 51.2. The van der Waals surface area contributed by atoms with Crippen molar-refractivity contribution in [3.05, 3.63) is 109 Å². The van der Waals surface area contributed by atoms with Gasteiger partial charge in [0.15, 0.2) is 6.10 Å². The minimum atomic E-state index is -0.794. The van der Waals surface area contributed by atoms with Gasteiger partial charge in [-0.3, -0.25) is 14.4 Å². The summed E-state index contributed by atoms with van der Waals surface area (Å²) in [6, 6.07) is 0. The molecule has 6 heteroatoms. The van der Waals surface area contributed by atoms with Crippen LogP contribution in [0.3, 0.4) is 0 Å². The number of allylic oxidation sites excluding steroid dienone is 18. The van der Waals surface area contributed by atoms with Crippen LogP contribution in [0.5, 0.6) is 0 Å². The van der Waals surface area contributed by atoms with Gasteiger partial charge in [-0.2, -0.15) is 0 Å². The third-order valence-corrected chi connectivity index (χ3v) is 14.0. The Kier molecular flexibility index (Phi) is 62.3. The molecule has 1 atom stereocenters. The summed E-state index contributed by atoms with van der Waals surface area (Å²) in [5, 5.41) is 0. The van der Waals surface area contributed by atoms with Crippen molar-refractivity contribution in [1.29, 1.82) is 0 Å². The molecule has 0 aliphatic rings. The van der Waals surface area contributed by atoms with Crippen molar-refractivity contribution in [2.24, 2.45) is 0 Å². The van der Waals surface area contributed by atoms with Gasteiger partial charge in [0.2, 0.25) is 0 Å². The molecule has 0 N–H and O–H groups in total. The highest BCUT2D eigenvalue weighted by molar-refractivity contribution is 5.71. The Hall–Kier alpha value is -3.93. The standard InChI is InChI=1S/C72H122O6/c1-4-7-10-13-16-18-20-22-24-26-28-30-32-34-35-36-37-39-40-42-44-46-48-50-52-54-56-59-62-65-71(74)77-68-69(67-76-70(73)64-61-58-15-12-9-6-3)78-72(75)66-63-60-57-55-53-51-49-47-45-43-41-38-33-31-29-27-25-23-21-19-17-14-11-8-5-2/h8,11,17,19-20,22-23,25-26,28-29,31,38,41,45,47,51,53,69H,4-7,9-10,12-16,18,21,24,27,30,32-37,39-40,42-44,46,48-50,52,54-68H2,1-3H3/b11-8-,19-17-,22-20-,25-23-,28-26-,31-29-,41-38-,47-45-,53-51-. The smallest absolute Gasteiger partial charge is 0.306 e. The van der Waals surface area contributed by atoms with E-state index >= 15 is 0 Å². The second-order valence-corrected chi connectivity index (χ2v) is 21.6. The summed E-state index contributed by atoms with van der Waals surface area (Å²) in [7, 11) is 0. The number of hydrogen-bond donors (Lipinski definition) is 0. The highest BCUT2D eigenvalue weighted by Crippen LogP contribution is 2.16. The van der Waals surface area contributed by atoms with E-state index in [9.17, 15) is 14.4 Å². The maximum absolute atomic E-state index is 12.8. The Morgan fingerprint density at radius 1 is 0.269 bits per heavy atom. The van der Waals surface area contributed by atoms with Crippen LogP contribution in [0.2, 0.25) is 0 Å². The Labute approximate surface area is 482 Å². The molecular weight excluding hydrogens is 961 g/mol. The molecule has 0 rings (SSSR count). The van der Waals surface area contributed by atoms with Crippen molar-refractivity contribution in [3.8, 4) is 0 Å². The Morgan fingerprint density at radius 3 is 0.795 bits per heavy atom. The van der Waals surface area contributed by atoms with Crippen LogP contribution in [-0.4, -0.2) is 37.2 Å². The largest absolute Gasteiger partial charge is 0.462 e. The highest BCUT2D eigenvalue weighted by atomic mass is 16.6. The van der Waals surface area contributed by atoms with Crippen LogP contribution in [0.1, 0.15) is 310 Å². The van der Waals surface area contributed by atoms with Crippen LogP contribution in [0.15, 0.2) is 109 Å². The maximum atomic E-state index is 12.8. The van der Waals surface area contributed by atoms with Gasteiger partial charge in [-0.05, 0) is 109 Å². The zero-order chi connectivity index (χ0) is 56.4. The Morgan fingerprint density at radius 2 is 0.500 bits per heavy atom. The normalized spacial score (nSPS) is 12.8. The number of carbonyl (C=O) groups is 3. The number of hydrogen-bond acceptors (Lipinski definition) is 6. The first kappa shape index (κ1) is 74.1. The molecule has 6 nitrogen and oxygen atoms in total. The first-order chi connectivity index (χ1) is 38.5. The molecule has 0 radical (unpaired) electrons. The molecule has 0 aromatic heterocycles. The van der Waals surface area contributed by atoms with E-state index in [-0.39, 0.29) is 37.5 Å². The summed E-state index contributed by atoms with van der Waals surface area (Å²) < 4.78 is 16.8. The van der Waals surface area contributed by atoms with Gasteiger partial charge in [0.1, 0.15) is 13.2 Å². The summed E-state index contributed by atoms with van der Waals surface area (Å²) in [5.41, 5.74) is 0. The fourth-order valence-corrected chi connectivity index (χ4v) is 9.10. The van der Waals surface area contributed by atoms with Gasteiger partial charge >= 0.3 is 17.9 Å². The first-order valence-electron chi connectivity index (χ1n) is 32.9. The molecule has 0 saturated carbocycles. The molecule has 446 valence electrons. The molecule has 0 amide bonds. The molecule has 78 heavy (non-hydrogen) atoms. The molecule has 0 aromatic rings. The summed E-state index contributed by atoms with van der Waals surface area (Å²) in [6.45, 7) is 6.45. The van der Waals surface area contributed by atoms with E-state index in [2.05, 4.69) is 130 Å². The lowest BCUT2D eigenvalue weighted by Crippen LogP contribution is -2.30. The summed E-state index contributed by atoms with van der Waals surface area (Å²) in [5.74, 6) is -0.927. The van der Waals surface area contributed by atoms with Gasteiger partial charge in [0, 0.05) is 19.3 Å². The predicted octanol–water partition coefficient (Wildman–Crippen LogP) is 22.6. The molecule has 0 fully saturated rings.